The molecule has 4 nitrogen and oxygen atoms in total. The van der Waals surface area contributed by atoms with Crippen molar-refractivity contribution in [3.05, 3.63) is 57.8 Å². The molecule has 0 atom stereocenters. The fourth-order valence-corrected chi connectivity index (χ4v) is 3.57. The molecular formula is C18H13BrClF2N3O. The monoisotopic (exact) mass is 439 g/mol. The summed E-state index contributed by atoms with van der Waals surface area (Å²) in [5.74, 6) is -0.330. The molecule has 4 rings (SSSR count). The van der Waals surface area contributed by atoms with Gasteiger partial charge in [-0.2, -0.15) is 4.98 Å². The number of hydrogen-bond donors (Lipinski definition) is 0. The number of benzene rings is 2. The first-order chi connectivity index (χ1) is 12.5. The van der Waals surface area contributed by atoms with Crippen molar-refractivity contribution < 1.29 is 13.5 Å². The highest BCUT2D eigenvalue weighted by atomic mass is 79.9. The van der Waals surface area contributed by atoms with E-state index in [-0.39, 0.29) is 16.6 Å². The number of ether oxygens (including phenoxy) is 1. The minimum absolute atomic E-state index is 0.00317. The van der Waals surface area contributed by atoms with Gasteiger partial charge in [0, 0.05) is 22.6 Å². The summed E-state index contributed by atoms with van der Waals surface area (Å²) in [5, 5.41) is 0.251. The predicted molar refractivity (Wildman–Crippen MR) is 99.9 cm³/mol. The van der Waals surface area contributed by atoms with Crippen molar-refractivity contribution in [2.45, 2.75) is 0 Å². The first kappa shape index (κ1) is 17.6. The second-order valence-electron chi connectivity index (χ2n) is 6.09. The van der Waals surface area contributed by atoms with Gasteiger partial charge in [-0.1, -0.05) is 22.0 Å². The Morgan fingerprint density at radius 1 is 1.19 bits per heavy atom. The molecule has 0 radical (unpaired) electrons. The Morgan fingerprint density at radius 2 is 2.00 bits per heavy atom. The van der Waals surface area contributed by atoms with Crippen LogP contribution in [0, 0.1) is 17.6 Å². The Labute approximate surface area is 161 Å². The van der Waals surface area contributed by atoms with Gasteiger partial charge in [-0.3, -0.25) is 0 Å². The molecule has 0 unspecified atom stereocenters. The lowest BCUT2D eigenvalue weighted by molar-refractivity contribution is -0.0267. The molecule has 1 fully saturated rings. The summed E-state index contributed by atoms with van der Waals surface area (Å²) in [6.07, 6.45) is 0. The van der Waals surface area contributed by atoms with Crippen molar-refractivity contribution in [3.63, 3.8) is 0 Å². The molecule has 2 heterocycles. The first-order valence-corrected chi connectivity index (χ1v) is 9.11. The number of hydrogen-bond acceptors (Lipinski definition) is 4. The molecule has 1 aromatic heterocycles. The van der Waals surface area contributed by atoms with Crippen LogP contribution in [0.15, 0.2) is 40.9 Å². The van der Waals surface area contributed by atoms with Gasteiger partial charge >= 0.3 is 0 Å². The summed E-state index contributed by atoms with van der Waals surface area (Å²) in [5.41, 5.74) is 0.938. The number of anilines is 2. The maximum atomic E-state index is 14.6. The summed E-state index contributed by atoms with van der Waals surface area (Å²) >= 11 is 9.38. The number of rotatable bonds is 4. The van der Waals surface area contributed by atoms with Crippen molar-refractivity contribution in [1.82, 2.24) is 9.97 Å². The molecule has 1 aliphatic rings. The highest BCUT2D eigenvalue weighted by molar-refractivity contribution is 9.10. The van der Waals surface area contributed by atoms with Gasteiger partial charge in [-0.25, -0.2) is 13.8 Å². The van der Waals surface area contributed by atoms with Gasteiger partial charge in [0.2, 0.25) is 5.28 Å². The van der Waals surface area contributed by atoms with Crippen LogP contribution in [0.5, 0.6) is 0 Å². The molecule has 3 aromatic rings. The van der Waals surface area contributed by atoms with Gasteiger partial charge in [0.05, 0.1) is 24.1 Å². The average Bonchev–Trinajstić information content (AvgIpc) is 2.52. The predicted octanol–water partition coefficient (Wildman–Crippen LogP) is 5.11. The fraction of sp³-hybridized carbons (Fsp3) is 0.222. The van der Waals surface area contributed by atoms with Crippen LogP contribution >= 0.6 is 27.5 Å². The maximum absolute atomic E-state index is 14.6. The van der Waals surface area contributed by atoms with E-state index < -0.39 is 11.6 Å². The second kappa shape index (κ2) is 7.06. The molecule has 1 aliphatic heterocycles. The molecule has 1 saturated heterocycles. The van der Waals surface area contributed by atoms with Crippen molar-refractivity contribution in [1.29, 1.82) is 0 Å². The highest BCUT2D eigenvalue weighted by Crippen LogP contribution is 2.35. The lowest BCUT2D eigenvalue weighted by atomic mass is 10.1. The SMILES string of the molecule is Fc1cc(Br)cc(N(CC2COC2)c2nc(Cl)nc3cccc(F)c23)c1. The summed E-state index contributed by atoms with van der Waals surface area (Å²) in [6, 6.07) is 9.07. The molecule has 0 saturated carbocycles. The molecule has 0 spiro atoms. The van der Waals surface area contributed by atoms with E-state index in [1.807, 2.05) is 0 Å². The Kier molecular flexibility index (Phi) is 4.77. The first-order valence-electron chi connectivity index (χ1n) is 7.94. The normalized spacial score (nSPS) is 14.5. The van der Waals surface area contributed by atoms with Gasteiger partial charge in [0.25, 0.3) is 0 Å². The van der Waals surface area contributed by atoms with Gasteiger partial charge in [-0.05, 0) is 41.9 Å². The topological polar surface area (TPSA) is 38.2 Å². The van der Waals surface area contributed by atoms with Crippen LogP contribution < -0.4 is 4.90 Å². The summed E-state index contributed by atoms with van der Waals surface area (Å²) in [6.45, 7) is 1.67. The van der Waals surface area contributed by atoms with Crippen molar-refractivity contribution >= 4 is 49.9 Å². The molecule has 134 valence electrons. The van der Waals surface area contributed by atoms with E-state index in [9.17, 15) is 8.78 Å². The second-order valence-corrected chi connectivity index (χ2v) is 7.35. The summed E-state index contributed by atoms with van der Waals surface area (Å²) in [4.78, 5) is 10.1. The fourth-order valence-electron chi connectivity index (χ4n) is 2.95. The van der Waals surface area contributed by atoms with Crippen molar-refractivity contribution in [3.8, 4) is 0 Å². The van der Waals surface area contributed by atoms with E-state index in [0.717, 1.165) is 0 Å². The third kappa shape index (κ3) is 3.39. The van der Waals surface area contributed by atoms with Crippen LogP contribution in [-0.2, 0) is 4.74 Å². The van der Waals surface area contributed by atoms with Gasteiger partial charge in [0.15, 0.2) is 0 Å². The van der Waals surface area contributed by atoms with Crippen LogP contribution in [0.4, 0.5) is 20.3 Å². The minimum atomic E-state index is -0.459. The van der Waals surface area contributed by atoms with E-state index in [0.29, 0.717) is 41.3 Å². The lowest BCUT2D eigenvalue weighted by Gasteiger charge is -2.33. The van der Waals surface area contributed by atoms with Crippen molar-refractivity contribution in [2.24, 2.45) is 5.92 Å². The lowest BCUT2D eigenvalue weighted by Crippen LogP contribution is -2.38. The van der Waals surface area contributed by atoms with E-state index in [4.69, 9.17) is 16.3 Å². The van der Waals surface area contributed by atoms with Crippen molar-refractivity contribution in [2.75, 3.05) is 24.7 Å². The van der Waals surface area contributed by atoms with Gasteiger partial charge in [-0.15, -0.1) is 0 Å². The molecule has 8 heteroatoms. The molecule has 0 amide bonds. The zero-order valence-corrected chi connectivity index (χ0v) is 15.8. The number of fused-ring (bicyclic) bond motifs is 1. The van der Waals surface area contributed by atoms with E-state index in [1.165, 1.54) is 18.2 Å². The standard InChI is InChI=1S/C18H13BrClF2N3O/c19-11-4-12(21)6-13(5-11)25(7-10-8-26-9-10)17-16-14(22)2-1-3-15(16)23-18(20)24-17/h1-6,10H,7-9H2. The average molecular weight is 441 g/mol. The van der Waals surface area contributed by atoms with Crippen LogP contribution in [0.3, 0.4) is 0 Å². The number of nitrogens with zero attached hydrogens (tertiary/aromatic N) is 3. The van der Waals surface area contributed by atoms with Crippen LogP contribution in [0.2, 0.25) is 5.28 Å². The quantitative estimate of drug-likeness (QED) is 0.529. The summed E-state index contributed by atoms with van der Waals surface area (Å²) in [7, 11) is 0. The third-order valence-electron chi connectivity index (χ3n) is 4.19. The van der Waals surface area contributed by atoms with Crippen LogP contribution in [-0.4, -0.2) is 29.7 Å². The number of aromatic nitrogens is 2. The van der Waals surface area contributed by atoms with E-state index in [2.05, 4.69) is 25.9 Å². The highest BCUT2D eigenvalue weighted by Gasteiger charge is 2.26. The van der Waals surface area contributed by atoms with Crippen LogP contribution in [0.1, 0.15) is 0 Å². The van der Waals surface area contributed by atoms with E-state index >= 15 is 0 Å². The number of halogens is 4. The Hall–Kier alpha value is -1.83. The Bertz CT molecular complexity index is 964. The smallest absolute Gasteiger partial charge is 0.224 e. The third-order valence-corrected chi connectivity index (χ3v) is 4.82. The molecule has 26 heavy (non-hydrogen) atoms. The minimum Gasteiger partial charge on any atom is -0.381 e. The van der Waals surface area contributed by atoms with Gasteiger partial charge < -0.3 is 9.64 Å². The maximum Gasteiger partial charge on any atom is 0.224 e. The molecule has 0 N–H and O–H groups in total. The molecule has 0 aliphatic carbocycles. The molecule has 0 bridgehead atoms. The largest absolute Gasteiger partial charge is 0.381 e. The van der Waals surface area contributed by atoms with Crippen LogP contribution in [0.25, 0.3) is 10.9 Å². The molecule has 2 aromatic carbocycles. The summed E-state index contributed by atoms with van der Waals surface area (Å²) < 4.78 is 34.4. The zero-order valence-electron chi connectivity index (χ0n) is 13.4. The van der Waals surface area contributed by atoms with E-state index in [1.54, 1.807) is 23.1 Å². The van der Waals surface area contributed by atoms with Gasteiger partial charge in [0.1, 0.15) is 17.5 Å². The molecular weight excluding hydrogens is 428 g/mol. The Balaban J connectivity index is 1.92. The Morgan fingerprint density at radius 3 is 2.69 bits per heavy atom. The zero-order chi connectivity index (χ0) is 18.3.